The first-order valence-corrected chi connectivity index (χ1v) is 6.58. The molecule has 2 heteroatoms. The molecule has 1 N–H and O–H groups in total. The van der Waals surface area contributed by atoms with Gasteiger partial charge >= 0.3 is 0 Å². The van der Waals surface area contributed by atoms with Crippen molar-refractivity contribution in [3.05, 3.63) is 12.2 Å². The summed E-state index contributed by atoms with van der Waals surface area (Å²) in [6.07, 6.45) is 10.8. The molecular formula is C14H27NO. The summed E-state index contributed by atoms with van der Waals surface area (Å²) < 4.78 is 0. The summed E-state index contributed by atoms with van der Waals surface area (Å²) in [6, 6.07) is 0. The van der Waals surface area contributed by atoms with E-state index < -0.39 is 0 Å². The van der Waals surface area contributed by atoms with Crippen LogP contribution in [0.1, 0.15) is 59.3 Å². The van der Waals surface area contributed by atoms with Crippen LogP contribution >= 0.6 is 0 Å². The predicted molar refractivity (Wildman–Crippen MR) is 70.4 cm³/mol. The Bertz CT molecular complexity index is 197. The maximum Gasteiger partial charge on any atom is 0.220 e. The topological polar surface area (TPSA) is 29.1 Å². The van der Waals surface area contributed by atoms with Crippen molar-refractivity contribution in [3.8, 4) is 0 Å². The Hall–Kier alpha value is -0.790. The number of hydrogen-bond donors (Lipinski definition) is 1. The van der Waals surface area contributed by atoms with Crippen molar-refractivity contribution < 1.29 is 4.79 Å². The van der Waals surface area contributed by atoms with Crippen LogP contribution in [-0.4, -0.2) is 12.5 Å². The van der Waals surface area contributed by atoms with E-state index in [4.69, 9.17) is 0 Å². The molecule has 2 nitrogen and oxygen atoms in total. The number of nitrogens with one attached hydrogen (secondary N) is 1. The van der Waals surface area contributed by atoms with E-state index >= 15 is 0 Å². The number of carbonyl (C=O) groups excluding carboxylic acids is 1. The van der Waals surface area contributed by atoms with Gasteiger partial charge in [-0.1, -0.05) is 45.8 Å². The summed E-state index contributed by atoms with van der Waals surface area (Å²) in [6.45, 7) is 7.21. The van der Waals surface area contributed by atoms with E-state index in [0.717, 1.165) is 19.4 Å². The molecule has 0 aromatic carbocycles. The molecule has 0 aromatic heterocycles. The molecule has 0 fully saturated rings. The molecule has 0 saturated carbocycles. The highest BCUT2D eigenvalue weighted by molar-refractivity contribution is 5.75. The minimum atomic E-state index is 0.173. The van der Waals surface area contributed by atoms with Crippen molar-refractivity contribution in [2.75, 3.05) is 6.54 Å². The van der Waals surface area contributed by atoms with E-state index in [1.807, 2.05) is 0 Å². The third-order valence-electron chi connectivity index (χ3n) is 2.39. The maximum atomic E-state index is 11.3. The highest BCUT2D eigenvalue weighted by Crippen LogP contribution is 2.01. The van der Waals surface area contributed by atoms with Gasteiger partial charge in [0.25, 0.3) is 0 Å². The van der Waals surface area contributed by atoms with Gasteiger partial charge in [-0.15, -0.1) is 0 Å². The highest BCUT2D eigenvalue weighted by atomic mass is 16.1. The van der Waals surface area contributed by atoms with Crippen LogP contribution in [0.25, 0.3) is 0 Å². The fraction of sp³-hybridized carbons (Fsp3) is 0.786. The number of carbonyl (C=O) groups is 1. The Kier molecular flexibility index (Phi) is 10.2. The first-order valence-electron chi connectivity index (χ1n) is 6.58. The Balaban J connectivity index is 3.32. The summed E-state index contributed by atoms with van der Waals surface area (Å²) in [5.74, 6) is 0.709. The summed E-state index contributed by atoms with van der Waals surface area (Å²) >= 11 is 0. The summed E-state index contributed by atoms with van der Waals surface area (Å²) in [5, 5.41) is 2.92. The zero-order chi connectivity index (χ0) is 12.2. The van der Waals surface area contributed by atoms with E-state index in [1.54, 1.807) is 0 Å². The van der Waals surface area contributed by atoms with Gasteiger partial charge in [0.2, 0.25) is 5.91 Å². The largest absolute Gasteiger partial charge is 0.356 e. The second-order valence-corrected chi connectivity index (χ2v) is 4.70. The molecule has 0 rings (SSSR count). The van der Waals surface area contributed by atoms with Crippen molar-refractivity contribution in [3.63, 3.8) is 0 Å². The lowest BCUT2D eigenvalue weighted by molar-refractivity contribution is -0.121. The number of unbranched alkanes of at least 4 members (excludes halogenated alkanes) is 3. The van der Waals surface area contributed by atoms with Gasteiger partial charge in [0.05, 0.1) is 0 Å². The minimum absolute atomic E-state index is 0.173. The summed E-state index contributed by atoms with van der Waals surface area (Å²) in [4.78, 5) is 11.3. The van der Waals surface area contributed by atoms with Gasteiger partial charge in [0.15, 0.2) is 0 Å². The molecule has 16 heavy (non-hydrogen) atoms. The van der Waals surface area contributed by atoms with E-state index in [2.05, 4.69) is 38.2 Å². The predicted octanol–water partition coefficient (Wildman–Crippen LogP) is 3.68. The van der Waals surface area contributed by atoms with Gasteiger partial charge < -0.3 is 5.32 Å². The summed E-state index contributed by atoms with van der Waals surface area (Å²) in [5.41, 5.74) is 0. The first-order chi connectivity index (χ1) is 7.66. The molecule has 0 spiro atoms. The lowest BCUT2D eigenvalue weighted by atomic mass is 10.2. The van der Waals surface area contributed by atoms with Crippen LogP contribution in [0.5, 0.6) is 0 Å². The smallest absolute Gasteiger partial charge is 0.220 e. The van der Waals surface area contributed by atoms with Crippen LogP contribution in [0.3, 0.4) is 0 Å². The molecule has 0 heterocycles. The maximum absolute atomic E-state index is 11.3. The number of allylic oxidation sites excluding steroid dienone is 2. The van der Waals surface area contributed by atoms with E-state index in [-0.39, 0.29) is 5.91 Å². The van der Waals surface area contributed by atoms with Crippen molar-refractivity contribution in [1.82, 2.24) is 5.32 Å². The number of hydrogen-bond acceptors (Lipinski definition) is 1. The zero-order valence-electron chi connectivity index (χ0n) is 11.1. The van der Waals surface area contributed by atoms with Crippen molar-refractivity contribution in [2.24, 2.45) is 5.92 Å². The Morgan fingerprint density at radius 1 is 1.19 bits per heavy atom. The molecule has 0 aromatic rings. The molecule has 0 aliphatic heterocycles. The molecule has 0 aliphatic rings. The second kappa shape index (κ2) is 10.7. The molecule has 0 radical (unpaired) electrons. The first kappa shape index (κ1) is 15.2. The summed E-state index contributed by atoms with van der Waals surface area (Å²) in [7, 11) is 0. The molecule has 0 saturated heterocycles. The molecule has 94 valence electrons. The molecular weight excluding hydrogens is 198 g/mol. The Labute approximate surface area is 101 Å². The van der Waals surface area contributed by atoms with Gasteiger partial charge in [0, 0.05) is 13.0 Å². The average molecular weight is 225 g/mol. The lowest BCUT2D eigenvalue weighted by Crippen LogP contribution is -2.26. The highest BCUT2D eigenvalue weighted by Gasteiger charge is 1.99. The van der Waals surface area contributed by atoms with Gasteiger partial charge in [0.1, 0.15) is 0 Å². The van der Waals surface area contributed by atoms with Crippen molar-refractivity contribution >= 4 is 5.91 Å². The fourth-order valence-electron chi connectivity index (χ4n) is 1.37. The van der Waals surface area contributed by atoms with Crippen molar-refractivity contribution in [1.29, 1.82) is 0 Å². The molecule has 0 aliphatic carbocycles. The van der Waals surface area contributed by atoms with Crippen LogP contribution in [-0.2, 0) is 4.79 Å². The normalized spacial score (nSPS) is 11.2. The van der Waals surface area contributed by atoms with E-state index in [9.17, 15) is 4.79 Å². The number of rotatable bonds is 9. The minimum Gasteiger partial charge on any atom is -0.356 e. The standard InChI is InChI=1S/C14H27NO/c1-4-5-6-7-8-9-10-11-14(16)15-12-13(2)3/h8-9,13H,4-7,10-12H2,1-3H3,(H,15,16)/b9-8+. The zero-order valence-corrected chi connectivity index (χ0v) is 11.1. The van der Waals surface area contributed by atoms with Gasteiger partial charge in [-0.05, 0) is 25.2 Å². The van der Waals surface area contributed by atoms with Crippen LogP contribution in [0.4, 0.5) is 0 Å². The van der Waals surface area contributed by atoms with Crippen LogP contribution in [0, 0.1) is 5.92 Å². The van der Waals surface area contributed by atoms with E-state index in [0.29, 0.717) is 12.3 Å². The average Bonchev–Trinajstić information content (AvgIpc) is 2.25. The third-order valence-corrected chi connectivity index (χ3v) is 2.39. The Morgan fingerprint density at radius 2 is 1.88 bits per heavy atom. The van der Waals surface area contributed by atoms with Crippen LogP contribution in [0.15, 0.2) is 12.2 Å². The van der Waals surface area contributed by atoms with Crippen LogP contribution < -0.4 is 5.32 Å². The van der Waals surface area contributed by atoms with Gasteiger partial charge in [-0.25, -0.2) is 0 Å². The monoisotopic (exact) mass is 225 g/mol. The molecule has 0 bridgehead atoms. The van der Waals surface area contributed by atoms with Crippen LogP contribution in [0.2, 0.25) is 0 Å². The molecule has 0 atom stereocenters. The SMILES string of the molecule is CCCCC/C=C/CCC(=O)NCC(C)C. The molecule has 1 amide bonds. The molecule has 0 unspecified atom stereocenters. The number of amides is 1. The van der Waals surface area contributed by atoms with E-state index in [1.165, 1.54) is 19.3 Å². The quantitative estimate of drug-likeness (QED) is 0.471. The lowest BCUT2D eigenvalue weighted by Gasteiger charge is -2.06. The Morgan fingerprint density at radius 3 is 2.50 bits per heavy atom. The van der Waals surface area contributed by atoms with Gasteiger partial charge in [-0.2, -0.15) is 0 Å². The third kappa shape index (κ3) is 11.3. The van der Waals surface area contributed by atoms with Gasteiger partial charge in [-0.3, -0.25) is 4.79 Å². The van der Waals surface area contributed by atoms with Crippen molar-refractivity contribution in [2.45, 2.75) is 59.3 Å². The fourth-order valence-corrected chi connectivity index (χ4v) is 1.37. The second-order valence-electron chi connectivity index (χ2n) is 4.70.